The van der Waals surface area contributed by atoms with E-state index in [1.807, 2.05) is 39.8 Å². The van der Waals surface area contributed by atoms with Crippen molar-refractivity contribution >= 4 is 111 Å². The highest BCUT2D eigenvalue weighted by molar-refractivity contribution is 7.99. The highest BCUT2D eigenvalue weighted by atomic mass is 32.3. The fraction of sp³-hybridized carbons (Fsp3) is 0.457. The number of rotatable bonds is 20. The van der Waals surface area contributed by atoms with Crippen molar-refractivity contribution < 1.29 is 35.4 Å². The lowest BCUT2D eigenvalue weighted by molar-refractivity contribution is 0.414. The first kappa shape index (κ1) is 47.2. The second-order valence-corrected chi connectivity index (χ2v) is 19.7. The average Bonchev–Trinajstić information content (AvgIpc) is 3.96. The van der Waals surface area contributed by atoms with Crippen LogP contribution in [-0.4, -0.2) is 107 Å². The normalized spacial score (nSPS) is 13.8. The van der Waals surface area contributed by atoms with Crippen molar-refractivity contribution in [1.82, 2.24) is 35.3 Å². The molecular weight excluding hydrogens is 919 g/mol. The van der Waals surface area contributed by atoms with Gasteiger partial charge in [0.1, 0.15) is 22.9 Å². The first-order valence-electron chi connectivity index (χ1n) is 19.5. The summed E-state index contributed by atoms with van der Waals surface area (Å²) >= 11 is 2.62. The quantitative estimate of drug-likeness (QED) is 0.0419. The van der Waals surface area contributed by atoms with Gasteiger partial charge in [0.2, 0.25) is 11.9 Å². The number of aromatic nitrogens is 7. The van der Waals surface area contributed by atoms with Crippen LogP contribution in [0.1, 0.15) is 59.8 Å². The van der Waals surface area contributed by atoms with E-state index in [4.69, 9.17) is 24.4 Å². The van der Waals surface area contributed by atoms with Gasteiger partial charge >= 0.3 is 20.2 Å². The third-order valence-electron chi connectivity index (χ3n) is 9.45. The Labute approximate surface area is 375 Å². The van der Waals surface area contributed by atoms with Crippen LogP contribution in [0.4, 0.5) is 56.3 Å². The van der Waals surface area contributed by atoms with Crippen molar-refractivity contribution in [3.8, 4) is 11.5 Å². The molecule has 0 spiro atoms. The molecular formula is C35H45N15O8S5. The van der Waals surface area contributed by atoms with Gasteiger partial charge in [0.15, 0.2) is 5.16 Å². The number of methoxy groups -OCH3 is 2. The Balaban J connectivity index is 1.47. The van der Waals surface area contributed by atoms with E-state index in [1.54, 1.807) is 12.1 Å². The van der Waals surface area contributed by atoms with Crippen LogP contribution in [0.15, 0.2) is 58.6 Å². The molecule has 1 saturated carbocycles. The Bertz CT molecular complexity index is 2500. The summed E-state index contributed by atoms with van der Waals surface area (Å²) in [7, 11) is -6.14. The van der Waals surface area contributed by atoms with E-state index >= 15 is 0 Å². The second-order valence-electron chi connectivity index (χ2n) is 13.4. The molecule has 338 valence electrons. The molecule has 6 rings (SSSR count). The van der Waals surface area contributed by atoms with Crippen molar-refractivity contribution in [3.63, 3.8) is 0 Å². The minimum absolute atomic E-state index is 0.125. The number of anilines is 6. The van der Waals surface area contributed by atoms with E-state index in [-0.39, 0.29) is 38.8 Å². The second kappa shape index (κ2) is 20.9. The van der Waals surface area contributed by atoms with Crippen LogP contribution >= 0.6 is 34.4 Å². The maximum Gasteiger partial charge on any atom is 0.324 e. The monoisotopic (exact) mass is 963 g/mol. The molecule has 3 aromatic heterocycles. The van der Waals surface area contributed by atoms with Crippen LogP contribution in [0.3, 0.4) is 0 Å². The Morgan fingerprint density at radius 2 is 1.10 bits per heavy atom. The molecule has 0 atom stereocenters. The molecule has 2 aromatic carbocycles. The molecule has 0 amide bonds. The number of nitrogens with zero attached hydrogens (tertiary/aromatic N) is 13. The van der Waals surface area contributed by atoms with E-state index in [1.165, 1.54) is 26.0 Å². The Morgan fingerprint density at radius 1 is 0.667 bits per heavy atom. The third-order valence-corrected chi connectivity index (χ3v) is 14.7. The molecule has 0 saturated heterocycles. The van der Waals surface area contributed by atoms with Crippen LogP contribution in [-0.2, 0) is 20.2 Å². The summed E-state index contributed by atoms with van der Waals surface area (Å²) in [5.41, 5.74) is 2.76. The highest BCUT2D eigenvalue weighted by Crippen LogP contribution is 2.43. The minimum atomic E-state index is -4.60. The van der Waals surface area contributed by atoms with Crippen LogP contribution in [0, 0.1) is 0 Å². The number of benzene rings is 2. The number of nitrogens with one attached hydrogen (secondary N) is 2. The van der Waals surface area contributed by atoms with Gasteiger partial charge < -0.3 is 29.9 Å². The fourth-order valence-electron chi connectivity index (χ4n) is 6.41. The third kappa shape index (κ3) is 12.1. The molecule has 0 unspecified atom stereocenters. The maximum absolute atomic E-state index is 11.6. The highest BCUT2D eigenvalue weighted by Gasteiger charge is 2.23. The zero-order chi connectivity index (χ0) is 45.3. The molecule has 1 fully saturated rings. The van der Waals surface area contributed by atoms with Gasteiger partial charge in [0.05, 0.1) is 37.0 Å². The molecule has 1 aliphatic rings. The number of hydrogen-bond acceptors (Lipinski definition) is 24. The van der Waals surface area contributed by atoms with Crippen LogP contribution in [0.2, 0.25) is 0 Å². The smallest absolute Gasteiger partial charge is 0.324 e. The van der Waals surface area contributed by atoms with Gasteiger partial charge in [0, 0.05) is 43.6 Å². The molecule has 5 aromatic rings. The summed E-state index contributed by atoms with van der Waals surface area (Å²) < 4.78 is 75.7. The largest absolute Gasteiger partial charge is 0.494 e. The first-order chi connectivity index (χ1) is 30.1. The molecule has 0 bridgehead atoms. The summed E-state index contributed by atoms with van der Waals surface area (Å²) in [6, 6.07) is 6.94. The van der Waals surface area contributed by atoms with E-state index in [2.05, 4.69) is 61.3 Å². The standard InChI is InChI=1S/C35H45N15O8S5/c1-7-49(8-2)25-16-21(23(18-27(25)57-5)41-43-32-45-47-34(60-32)62(51,52)53)36-29-38-30(40-31(39-29)59-20-14-12-11-13-15-20)37-22-17-26(50(9-3)10-4)28(58-6)19-24(22)42-44-33-46-48-35(61-33)63(54,55)56/h16-20H,7-15H2,1-6H3,(H,51,52,53)(H,54,55,56)(H2,36,37,38,39,40)/b43-41+,44-42+. The van der Waals surface area contributed by atoms with Crippen LogP contribution in [0.5, 0.6) is 11.5 Å². The van der Waals surface area contributed by atoms with Crippen molar-refractivity contribution in [1.29, 1.82) is 0 Å². The number of azo groups is 2. The summed E-state index contributed by atoms with van der Waals surface area (Å²) in [4.78, 5) is 18.6. The molecule has 4 N–H and O–H groups in total. The number of thioether (sulfide) groups is 1. The molecule has 0 aliphatic heterocycles. The summed E-state index contributed by atoms with van der Waals surface area (Å²) in [5.74, 6) is 1.23. The maximum atomic E-state index is 11.6. The predicted molar refractivity (Wildman–Crippen MR) is 240 cm³/mol. The summed E-state index contributed by atoms with van der Waals surface area (Å²) in [5, 5.41) is 38.5. The molecule has 1 aliphatic carbocycles. The number of ether oxygens (including phenoxy) is 2. The van der Waals surface area contributed by atoms with Crippen LogP contribution in [0.25, 0.3) is 0 Å². The predicted octanol–water partition coefficient (Wildman–Crippen LogP) is 8.52. The molecule has 28 heteroatoms. The molecule has 23 nitrogen and oxygen atoms in total. The Morgan fingerprint density at radius 3 is 1.46 bits per heavy atom. The first-order valence-corrected chi connectivity index (χ1v) is 24.9. The Hall–Kier alpha value is -5.26. The van der Waals surface area contributed by atoms with Gasteiger partial charge in [0.25, 0.3) is 18.9 Å². The summed E-state index contributed by atoms with van der Waals surface area (Å²) in [6.07, 6.45) is 5.31. The van der Waals surface area contributed by atoms with Gasteiger partial charge in [-0.25, -0.2) is 0 Å². The van der Waals surface area contributed by atoms with E-state index < -0.39 is 28.9 Å². The average molecular weight is 964 g/mol. The van der Waals surface area contributed by atoms with Gasteiger partial charge in [-0.1, -0.05) is 53.7 Å². The minimum Gasteiger partial charge on any atom is -0.494 e. The van der Waals surface area contributed by atoms with E-state index in [0.717, 1.165) is 43.5 Å². The van der Waals surface area contributed by atoms with E-state index in [9.17, 15) is 25.9 Å². The van der Waals surface area contributed by atoms with Gasteiger partial charge in [-0.2, -0.15) is 31.8 Å². The zero-order valence-electron chi connectivity index (χ0n) is 34.9. The lowest BCUT2D eigenvalue weighted by atomic mass is 10.0. The van der Waals surface area contributed by atoms with Crippen molar-refractivity contribution in [2.45, 2.75) is 78.9 Å². The topological polar surface area (TPSA) is 297 Å². The molecule has 0 radical (unpaired) electrons. The lowest BCUT2D eigenvalue weighted by Gasteiger charge is -2.25. The van der Waals surface area contributed by atoms with Gasteiger partial charge in [-0.15, -0.1) is 40.9 Å². The fourth-order valence-corrected chi connectivity index (χ4v) is 9.94. The zero-order valence-corrected chi connectivity index (χ0v) is 39.0. The molecule has 3 heterocycles. The number of hydrogen-bond donors (Lipinski definition) is 4. The molecule has 63 heavy (non-hydrogen) atoms. The van der Waals surface area contributed by atoms with E-state index in [0.29, 0.717) is 76.9 Å². The SMILES string of the molecule is CCN(CC)c1cc(Nc2nc(Nc3cc(N(CC)CC)c(OC)cc3/N=N/c3nnc(S(=O)(=O)O)s3)nc(SC3CCCCC3)n2)c(/N=N/c2nnc(S(=O)(=O)O)s2)cc1OC. The summed E-state index contributed by atoms with van der Waals surface area (Å²) in [6.45, 7) is 10.6. The lowest BCUT2D eigenvalue weighted by Crippen LogP contribution is -2.22. The van der Waals surface area contributed by atoms with Gasteiger partial charge in [-0.05, 0) is 52.7 Å². The van der Waals surface area contributed by atoms with Crippen molar-refractivity contribution in [2.24, 2.45) is 20.5 Å². The van der Waals surface area contributed by atoms with Crippen molar-refractivity contribution in [3.05, 3.63) is 24.3 Å². The van der Waals surface area contributed by atoms with Crippen molar-refractivity contribution in [2.75, 3.05) is 60.8 Å². The van der Waals surface area contributed by atoms with Gasteiger partial charge in [-0.3, -0.25) is 9.11 Å². The van der Waals surface area contributed by atoms with Crippen LogP contribution < -0.4 is 29.9 Å². The Kier molecular flexibility index (Phi) is 15.7.